The Morgan fingerprint density at radius 1 is 0.964 bits per heavy atom. The van der Waals surface area contributed by atoms with E-state index in [4.69, 9.17) is 9.47 Å². The average molecular weight is 770 g/mol. The van der Waals surface area contributed by atoms with Crippen molar-refractivity contribution >= 4 is 11.9 Å². The van der Waals surface area contributed by atoms with E-state index in [9.17, 15) is 45.3 Å². The lowest BCUT2D eigenvalue weighted by molar-refractivity contribution is -0.357. The van der Waals surface area contributed by atoms with Gasteiger partial charge in [-0.15, -0.1) is 0 Å². The molecule has 1 amide bonds. The fourth-order valence-corrected chi connectivity index (χ4v) is 16.3. The summed E-state index contributed by atoms with van der Waals surface area (Å²) in [7, 11) is 0. The van der Waals surface area contributed by atoms with Crippen LogP contribution in [0.15, 0.2) is 23.3 Å². The van der Waals surface area contributed by atoms with Gasteiger partial charge < -0.3 is 50.5 Å². The van der Waals surface area contributed by atoms with Crippen molar-refractivity contribution < 1.29 is 54.8 Å². The fourth-order valence-electron chi connectivity index (χ4n) is 16.3. The number of aliphatic carboxylic acids is 1. The van der Waals surface area contributed by atoms with Crippen molar-refractivity contribution in [2.24, 2.45) is 67.5 Å². The van der Waals surface area contributed by atoms with E-state index in [1.807, 2.05) is 6.92 Å². The maximum absolute atomic E-state index is 13.4. The third-order valence-electron chi connectivity index (χ3n) is 19.1. The molecule has 2 spiro atoms. The molecule has 0 aromatic heterocycles. The summed E-state index contributed by atoms with van der Waals surface area (Å²) < 4.78 is 12.3. The monoisotopic (exact) mass is 769 g/mol. The molecule has 0 radical (unpaired) electrons. The van der Waals surface area contributed by atoms with Crippen LogP contribution in [0, 0.1) is 67.5 Å². The van der Waals surface area contributed by atoms with Crippen molar-refractivity contribution in [3.8, 4) is 0 Å². The van der Waals surface area contributed by atoms with E-state index in [0.717, 1.165) is 32.1 Å². The van der Waals surface area contributed by atoms with Crippen molar-refractivity contribution in [1.82, 2.24) is 5.32 Å². The van der Waals surface area contributed by atoms with Crippen LogP contribution in [0.5, 0.6) is 0 Å². The zero-order valence-corrected chi connectivity index (χ0v) is 32.9. The number of carbonyl (C=O) groups is 2. The Morgan fingerprint density at radius 2 is 1.71 bits per heavy atom. The summed E-state index contributed by atoms with van der Waals surface area (Å²) in [5, 5.41) is 81.1. The normalized spacial score (nSPS) is 56.6. The van der Waals surface area contributed by atoms with Gasteiger partial charge in [0.2, 0.25) is 5.91 Å². The summed E-state index contributed by atoms with van der Waals surface area (Å²) >= 11 is 0. The molecule has 0 aromatic carbocycles. The number of allylic oxidation sites excluding steroid dienone is 4. The van der Waals surface area contributed by atoms with Crippen molar-refractivity contribution in [3.05, 3.63) is 23.3 Å². The van der Waals surface area contributed by atoms with Crippen LogP contribution in [0.3, 0.4) is 0 Å². The number of fused-ring (bicyclic) bond motifs is 2. The number of ether oxygens (including phenoxy) is 2. The molecular weight excluding hydrogens is 706 g/mol. The zero-order valence-electron chi connectivity index (χ0n) is 32.9. The van der Waals surface area contributed by atoms with Gasteiger partial charge in [-0.05, 0) is 110 Å². The highest BCUT2D eigenvalue weighted by Gasteiger charge is 2.82. The number of hydrogen-bond donors (Lipinski definition) is 8. The molecule has 5 saturated carbocycles. The van der Waals surface area contributed by atoms with Crippen molar-refractivity contribution in [2.45, 2.75) is 135 Å². The first-order valence-corrected chi connectivity index (χ1v) is 21.1. The quantitative estimate of drug-likeness (QED) is 0.146. The molecule has 2 heterocycles. The number of nitrogens with one attached hydrogen (secondary N) is 1. The standard InChI is InChI=1S/C43H63NO11/c1-37(20-45)11-12-41(36(52)53)13-14-42-9-5-23-16-24(22-15-29(48)44-18-22)30-32(50)34(55-35-33(51)31(49)27(47)19-54-35)38(2,21-46)28-7-8-39(42,3)43(23,40(28,30)4)10-6-25(42)26(41)17-37/h6,16,22,24,26-28,30-35,45-47,49-51H,5,7-15,17-21H2,1-4H3,(H,44,48)(H,52,53)/t22-,24-,26+,27-,28-,30+,31+,32-,33-,34-,35+,37+,38+,39+,40-,41+,42-,43-/m1/s1. The number of hydrogen-bond acceptors (Lipinski definition) is 10. The Hall–Kier alpha value is -1.90. The number of carbonyl (C=O) groups excluding carboxylic acids is 1. The van der Waals surface area contributed by atoms with Crippen molar-refractivity contribution in [1.29, 1.82) is 0 Å². The second kappa shape index (κ2) is 12.3. The van der Waals surface area contributed by atoms with Gasteiger partial charge in [0.15, 0.2) is 6.29 Å². The minimum atomic E-state index is -1.57. The minimum Gasteiger partial charge on any atom is -0.481 e. The molecule has 7 aliphatic carbocycles. The molecule has 55 heavy (non-hydrogen) atoms. The molecule has 7 fully saturated rings. The second-order valence-electron chi connectivity index (χ2n) is 20.8. The minimum absolute atomic E-state index is 0.0113. The van der Waals surface area contributed by atoms with Crippen LogP contribution >= 0.6 is 0 Å². The molecule has 9 aliphatic rings. The highest BCUT2D eigenvalue weighted by Crippen LogP contribution is 2.87. The SMILES string of the molecule is C[C@]1(CO)CC[C@]2(C(=O)O)CC[C@@]34CCC5=C[C@H]([C@H]6CNC(=O)C6)[C@H]6[C@@H](O)[C@@H](O[C@@H]7OC[C@@H](O)[C@H](O)[C@H]7O)[C@@](C)(CO)[C@H]7CC[C@]3(C)[C@]5(CC=C4[C@@H]2C1)[C@@]67C. The van der Waals surface area contributed by atoms with Gasteiger partial charge in [0.1, 0.15) is 18.3 Å². The van der Waals surface area contributed by atoms with E-state index in [0.29, 0.717) is 45.1 Å². The fraction of sp³-hybridized carbons (Fsp3) is 0.860. The van der Waals surface area contributed by atoms with Crippen LogP contribution in [-0.2, 0) is 19.1 Å². The maximum atomic E-state index is 13.4. The van der Waals surface area contributed by atoms with Gasteiger partial charge in [-0.2, -0.15) is 0 Å². The van der Waals surface area contributed by atoms with Crippen LogP contribution in [-0.4, -0.2) is 111 Å². The topological polar surface area (TPSA) is 206 Å². The van der Waals surface area contributed by atoms with E-state index in [1.54, 1.807) is 0 Å². The summed E-state index contributed by atoms with van der Waals surface area (Å²) in [4.78, 5) is 26.2. The lowest BCUT2D eigenvalue weighted by Crippen LogP contribution is -2.79. The summed E-state index contributed by atoms with van der Waals surface area (Å²) in [6.07, 6.45) is 4.56. The highest BCUT2D eigenvalue weighted by molar-refractivity contribution is 5.78. The molecule has 12 nitrogen and oxygen atoms in total. The summed E-state index contributed by atoms with van der Waals surface area (Å²) in [6, 6.07) is 0. The smallest absolute Gasteiger partial charge is 0.310 e. The Kier molecular flexibility index (Phi) is 8.65. The summed E-state index contributed by atoms with van der Waals surface area (Å²) in [5.74, 6) is -1.72. The third kappa shape index (κ3) is 4.52. The van der Waals surface area contributed by atoms with Crippen LogP contribution in [0.1, 0.15) is 98.3 Å². The average Bonchev–Trinajstić information content (AvgIpc) is 3.59. The number of rotatable bonds is 6. The third-order valence-corrected chi connectivity index (χ3v) is 19.1. The molecule has 0 unspecified atom stereocenters. The van der Waals surface area contributed by atoms with E-state index in [-0.39, 0.29) is 65.6 Å². The maximum Gasteiger partial charge on any atom is 0.310 e. The number of amides is 1. The summed E-state index contributed by atoms with van der Waals surface area (Å²) in [6.45, 7) is 8.85. The van der Waals surface area contributed by atoms with E-state index >= 15 is 0 Å². The van der Waals surface area contributed by atoms with E-state index < -0.39 is 70.4 Å². The van der Waals surface area contributed by atoms with Crippen LogP contribution < -0.4 is 5.32 Å². The molecule has 8 N–H and O–H groups in total. The zero-order chi connectivity index (χ0) is 39.3. The number of aliphatic hydroxyl groups is 6. The second-order valence-corrected chi connectivity index (χ2v) is 20.8. The first-order valence-electron chi connectivity index (χ1n) is 21.1. The predicted octanol–water partition coefficient (Wildman–Crippen LogP) is 2.68. The van der Waals surface area contributed by atoms with Gasteiger partial charge >= 0.3 is 5.97 Å². The molecule has 306 valence electrons. The van der Waals surface area contributed by atoms with Crippen LogP contribution in [0.2, 0.25) is 0 Å². The molecule has 12 heteroatoms. The van der Waals surface area contributed by atoms with Gasteiger partial charge in [-0.25, -0.2) is 0 Å². The van der Waals surface area contributed by atoms with Gasteiger partial charge in [0.05, 0.1) is 30.8 Å². The Balaban J connectivity index is 1.22. The Morgan fingerprint density at radius 3 is 2.38 bits per heavy atom. The first kappa shape index (κ1) is 38.6. The molecule has 18 atom stereocenters. The number of carboxylic acid groups (broad SMARTS) is 1. The molecule has 2 saturated heterocycles. The van der Waals surface area contributed by atoms with Crippen molar-refractivity contribution in [3.63, 3.8) is 0 Å². The molecule has 0 aromatic rings. The van der Waals surface area contributed by atoms with Gasteiger partial charge in [-0.3, -0.25) is 9.59 Å². The largest absolute Gasteiger partial charge is 0.481 e. The molecular formula is C43H63NO11. The van der Waals surface area contributed by atoms with E-state index in [2.05, 4.69) is 38.2 Å². The highest BCUT2D eigenvalue weighted by atomic mass is 16.7. The van der Waals surface area contributed by atoms with Gasteiger partial charge in [0, 0.05) is 36.3 Å². The molecule has 2 aliphatic heterocycles. The van der Waals surface area contributed by atoms with Crippen molar-refractivity contribution in [2.75, 3.05) is 26.4 Å². The first-order chi connectivity index (χ1) is 25.9. The predicted molar refractivity (Wildman–Crippen MR) is 198 cm³/mol. The Bertz CT molecular complexity index is 1700. The molecule has 2 bridgehead atoms. The molecule has 9 rings (SSSR count). The van der Waals surface area contributed by atoms with Gasteiger partial charge in [0.25, 0.3) is 0 Å². The lowest BCUT2D eigenvalue weighted by Gasteiger charge is -2.82. The van der Waals surface area contributed by atoms with Gasteiger partial charge in [-0.1, -0.05) is 51.0 Å². The Labute approximate surface area is 323 Å². The van der Waals surface area contributed by atoms with E-state index in [1.165, 1.54) is 11.1 Å². The van der Waals surface area contributed by atoms with Crippen LogP contribution in [0.4, 0.5) is 0 Å². The summed E-state index contributed by atoms with van der Waals surface area (Å²) in [5.41, 5.74) is -1.18. The lowest BCUT2D eigenvalue weighted by atomic mass is 9.22. The van der Waals surface area contributed by atoms with Crippen LogP contribution in [0.25, 0.3) is 0 Å². The number of aliphatic hydroxyl groups excluding tert-OH is 6. The number of carboxylic acids is 1.